The van der Waals surface area contributed by atoms with Crippen LogP contribution in [0.4, 0.5) is 0 Å². The lowest BCUT2D eigenvalue weighted by Gasteiger charge is -2.21. The second kappa shape index (κ2) is 10.7. The molecule has 1 atom stereocenters. The Morgan fingerprint density at radius 2 is 1.47 bits per heavy atom. The van der Waals surface area contributed by atoms with Crippen LogP contribution in [-0.4, -0.2) is 23.8 Å². The molecule has 0 radical (unpaired) electrons. The first-order valence-electron chi connectivity index (χ1n) is 10.1. The largest absolute Gasteiger partial charge is 0.548 e. The van der Waals surface area contributed by atoms with Gasteiger partial charge in [-0.3, -0.25) is 9.59 Å². The van der Waals surface area contributed by atoms with Gasteiger partial charge >= 0.3 is 0 Å². The minimum absolute atomic E-state index is 0.0550. The Balaban J connectivity index is 1.83. The van der Waals surface area contributed by atoms with E-state index in [0.29, 0.717) is 11.1 Å². The average Bonchev–Trinajstić information content (AvgIpc) is 2.80. The molecule has 6 nitrogen and oxygen atoms in total. The highest BCUT2D eigenvalue weighted by Crippen LogP contribution is 2.09. The fourth-order valence-electron chi connectivity index (χ4n) is 3.05. The van der Waals surface area contributed by atoms with Gasteiger partial charge in [0.05, 0.1) is 12.0 Å². The number of carbonyl (C=O) groups excluding carboxylic acids is 3. The van der Waals surface area contributed by atoms with Crippen LogP contribution >= 0.6 is 0 Å². The molecule has 3 aromatic carbocycles. The molecule has 0 aromatic heterocycles. The molecule has 0 saturated heterocycles. The Bertz CT molecular complexity index is 1110. The topological polar surface area (TPSA) is 98.3 Å². The molecule has 0 aliphatic heterocycles. The summed E-state index contributed by atoms with van der Waals surface area (Å²) < 4.78 is 0. The van der Waals surface area contributed by atoms with E-state index < -0.39 is 23.8 Å². The maximum atomic E-state index is 13.0. The second-order valence-corrected chi connectivity index (χ2v) is 7.32. The maximum Gasteiger partial charge on any atom is 0.268 e. The van der Waals surface area contributed by atoms with Gasteiger partial charge < -0.3 is 20.5 Å². The number of carbonyl (C=O) groups is 3. The fourth-order valence-corrected chi connectivity index (χ4v) is 3.05. The number of hydrogen-bond donors (Lipinski definition) is 2. The summed E-state index contributed by atoms with van der Waals surface area (Å²) >= 11 is 0. The van der Waals surface area contributed by atoms with Crippen LogP contribution in [0, 0.1) is 6.92 Å². The van der Waals surface area contributed by atoms with E-state index in [-0.39, 0.29) is 12.1 Å². The summed E-state index contributed by atoms with van der Waals surface area (Å²) in [6.07, 6.45) is 1.55. The molecule has 32 heavy (non-hydrogen) atoms. The summed E-state index contributed by atoms with van der Waals surface area (Å²) in [4.78, 5) is 37.4. The minimum Gasteiger partial charge on any atom is -0.548 e. The fraction of sp³-hybridized carbons (Fsp3) is 0.115. The van der Waals surface area contributed by atoms with E-state index in [2.05, 4.69) is 10.6 Å². The van der Waals surface area contributed by atoms with Gasteiger partial charge in [-0.1, -0.05) is 78.4 Å². The quantitative estimate of drug-likeness (QED) is 0.539. The Morgan fingerprint density at radius 1 is 0.875 bits per heavy atom. The summed E-state index contributed by atoms with van der Waals surface area (Å²) in [7, 11) is 0. The number of amides is 2. The number of aryl methyl sites for hydroxylation is 1. The Kier molecular flexibility index (Phi) is 7.54. The molecule has 0 heterocycles. The Labute approximate surface area is 186 Å². The van der Waals surface area contributed by atoms with Gasteiger partial charge in [-0.05, 0) is 42.7 Å². The van der Waals surface area contributed by atoms with Crippen LogP contribution in [0.15, 0.2) is 90.6 Å². The molecule has 0 fully saturated rings. The molecule has 0 saturated carbocycles. The number of rotatable bonds is 8. The monoisotopic (exact) mass is 427 g/mol. The Morgan fingerprint density at radius 3 is 2.06 bits per heavy atom. The van der Waals surface area contributed by atoms with E-state index in [1.165, 1.54) is 6.08 Å². The van der Waals surface area contributed by atoms with Crippen molar-refractivity contribution < 1.29 is 19.5 Å². The van der Waals surface area contributed by atoms with Crippen LogP contribution in [-0.2, 0) is 16.0 Å². The van der Waals surface area contributed by atoms with Crippen LogP contribution in [0.5, 0.6) is 0 Å². The first-order chi connectivity index (χ1) is 15.4. The molecule has 6 heteroatoms. The highest BCUT2D eigenvalue weighted by Gasteiger charge is 2.19. The van der Waals surface area contributed by atoms with Gasteiger partial charge in [0.2, 0.25) is 0 Å². The van der Waals surface area contributed by atoms with Crippen molar-refractivity contribution in [2.75, 3.05) is 0 Å². The summed E-state index contributed by atoms with van der Waals surface area (Å²) in [5, 5.41) is 16.7. The lowest BCUT2D eigenvalue weighted by molar-refractivity contribution is -0.308. The van der Waals surface area contributed by atoms with Gasteiger partial charge in [0.25, 0.3) is 11.8 Å². The van der Waals surface area contributed by atoms with Crippen molar-refractivity contribution in [3.05, 3.63) is 113 Å². The molecular formula is C26H23N2O4-. The van der Waals surface area contributed by atoms with Crippen LogP contribution in [0.2, 0.25) is 0 Å². The molecule has 3 aromatic rings. The van der Waals surface area contributed by atoms with E-state index in [0.717, 1.165) is 11.1 Å². The standard InChI is InChI=1S/C26H24N2O4/c1-18-12-14-21(15-13-18)24(29)27-22(16-19-8-4-2-5-9-19)25(30)28-23(26(31)32)17-20-10-6-3-7-11-20/h2-16,23H,17H2,1H3,(H,27,29)(H,28,30)(H,31,32)/p-1/b22-16+/t23-/m1/s1. The lowest BCUT2D eigenvalue weighted by Crippen LogP contribution is -2.50. The highest BCUT2D eigenvalue weighted by atomic mass is 16.4. The van der Waals surface area contributed by atoms with Gasteiger partial charge in [-0.2, -0.15) is 0 Å². The third-order valence-electron chi connectivity index (χ3n) is 4.79. The molecule has 3 rings (SSSR count). The molecular weight excluding hydrogens is 404 g/mol. The normalized spacial score (nSPS) is 12.0. The van der Waals surface area contributed by atoms with E-state index in [1.54, 1.807) is 72.8 Å². The third-order valence-corrected chi connectivity index (χ3v) is 4.79. The zero-order valence-corrected chi connectivity index (χ0v) is 17.6. The smallest absolute Gasteiger partial charge is 0.268 e. The van der Waals surface area contributed by atoms with Crippen LogP contribution in [0.3, 0.4) is 0 Å². The highest BCUT2D eigenvalue weighted by molar-refractivity contribution is 6.06. The number of carboxylic acids is 1. The van der Waals surface area contributed by atoms with E-state index >= 15 is 0 Å². The average molecular weight is 427 g/mol. The summed E-state index contributed by atoms with van der Waals surface area (Å²) in [5.74, 6) is -2.61. The van der Waals surface area contributed by atoms with Crippen molar-refractivity contribution >= 4 is 23.9 Å². The van der Waals surface area contributed by atoms with Crippen molar-refractivity contribution in [2.24, 2.45) is 0 Å². The summed E-state index contributed by atoms with van der Waals surface area (Å²) in [6.45, 7) is 1.91. The van der Waals surface area contributed by atoms with Crippen LogP contribution < -0.4 is 15.7 Å². The molecule has 0 aliphatic carbocycles. The third kappa shape index (κ3) is 6.40. The predicted molar refractivity (Wildman–Crippen MR) is 120 cm³/mol. The van der Waals surface area contributed by atoms with Gasteiger partial charge in [0.1, 0.15) is 5.70 Å². The molecule has 0 bridgehead atoms. The van der Waals surface area contributed by atoms with E-state index in [4.69, 9.17) is 0 Å². The zero-order valence-electron chi connectivity index (χ0n) is 17.6. The first kappa shape index (κ1) is 22.5. The number of nitrogens with one attached hydrogen (secondary N) is 2. The SMILES string of the molecule is Cc1ccc(C(=O)N/C(=C/c2ccccc2)C(=O)N[C@H](Cc2ccccc2)C(=O)[O-])cc1. The number of hydrogen-bond acceptors (Lipinski definition) is 4. The number of benzene rings is 3. The van der Waals surface area contributed by atoms with Gasteiger partial charge in [-0.25, -0.2) is 0 Å². The molecule has 162 valence electrons. The Hall–Kier alpha value is -4.19. The van der Waals surface area contributed by atoms with E-state index in [1.807, 2.05) is 19.1 Å². The van der Waals surface area contributed by atoms with Gasteiger partial charge in [0, 0.05) is 5.56 Å². The minimum atomic E-state index is -1.41. The molecule has 0 aliphatic rings. The molecule has 0 spiro atoms. The molecule has 2 N–H and O–H groups in total. The van der Waals surface area contributed by atoms with E-state index in [9.17, 15) is 19.5 Å². The number of aliphatic carboxylic acids is 1. The molecule has 0 unspecified atom stereocenters. The van der Waals surface area contributed by atoms with Crippen molar-refractivity contribution in [1.82, 2.24) is 10.6 Å². The lowest BCUT2D eigenvalue weighted by atomic mass is 10.1. The first-order valence-corrected chi connectivity index (χ1v) is 10.1. The van der Waals surface area contributed by atoms with Gasteiger partial charge in [0.15, 0.2) is 0 Å². The maximum absolute atomic E-state index is 13.0. The predicted octanol–water partition coefficient (Wildman–Crippen LogP) is 2.24. The second-order valence-electron chi connectivity index (χ2n) is 7.32. The van der Waals surface area contributed by atoms with Crippen LogP contribution in [0.1, 0.15) is 27.0 Å². The van der Waals surface area contributed by atoms with Crippen molar-refractivity contribution in [3.8, 4) is 0 Å². The number of carboxylic acid groups (broad SMARTS) is 1. The summed E-state index contributed by atoms with van der Waals surface area (Å²) in [5.41, 5.74) is 2.72. The molecule has 2 amide bonds. The van der Waals surface area contributed by atoms with Crippen LogP contribution in [0.25, 0.3) is 6.08 Å². The van der Waals surface area contributed by atoms with Crippen molar-refractivity contribution in [2.45, 2.75) is 19.4 Å². The van der Waals surface area contributed by atoms with Crippen molar-refractivity contribution in [1.29, 1.82) is 0 Å². The summed E-state index contributed by atoms with van der Waals surface area (Å²) in [6, 6.07) is 23.5. The zero-order chi connectivity index (χ0) is 22.9. The van der Waals surface area contributed by atoms with Crippen molar-refractivity contribution in [3.63, 3.8) is 0 Å². The van der Waals surface area contributed by atoms with Gasteiger partial charge in [-0.15, -0.1) is 0 Å².